The molecule has 0 aromatic rings. The molecule has 1 rings (SSSR count). The SMILES string of the molecule is CCCC(CNC(=O)COC1CCCC1)C(=O)O. The van der Waals surface area contributed by atoms with Gasteiger partial charge in [-0.3, -0.25) is 9.59 Å². The van der Waals surface area contributed by atoms with Crippen molar-refractivity contribution < 1.29 is 19.4 Å². The second kappa shape index (κ2) is 8.08. The van der Waals surface area contributed by atoms with Crippen molar-refractivity contribution in [2.24, 2.45) is 5.92 Å². The van der Waals surface area contributed by atoms with E-state index in [0.29, 0.717) is 6.42 Å². The lowest BCUT2D eigenvalue weighted by atomic mass is 10.0. The molecule has 0 bridgehead atoms. The number of ether oxygens (including phenoxy) is 1. The van der Waals surface area contributed by atoms with Gasteiger partial charge in [-0.2, -0.15) is 0 Å². The highest BCUT2D eigenvalue weighted by Gasteiger charge is 2.19. The van der Waals surface area contributed by atoms with Crippen LogP contribution < -0.4 is 5.32 Å². The number of aliphatic carboxylic acids is 1. The molecule has 5 nitrogen and oxygen atoms in total. The van der Waals surface area contributed by atoms with Gasteiger partial charge in [-0.05, 0) is 19.3 Å². The summed E-state index contributed by atoms with van der Waals surface area (Å²) < 4.78 is 5.46. The molecule has 0 saturated heterocycles. The Hall–Kier alpha value is -1.10. The van der Waals surface area contributed by atoms with Gasteiger partial charge in [0, 0.05) is 6.54 Å². The summed E-state index contributed by atoms with van der Waals surface area (Å²) in [7, 11) is 0. The summed E-state index contributed by atoms with van der Waals surface area (Å²) in [5.41, 5.74) is 0. The highest BCUT2D eigenvalue weighted by atomic mass is 16.5. The maximum atomic E-state index is 11.5. The molecule has 5 heteroatoms. The van der Waals surface area contributed by atoms with Gasteiger partial charge in [-0.15, -0.1) is 0 Å². The lowest BCUT2D eigenvalue weighted by Crippen LogP contribution is -2.35. The van der Waals surface area contributed by atoms with Crippen LogP contribution in [0.5, 0.6) is 0 Å². The first-order chi connectivity index (χ1) is 8.63. The quantitative estimate of drug-likeness (QED) is 0.692. The zero-order chi connectivity index (χ0) is 13.4. The molecule has 1 atom stereocenters. The first-order valence-corrected chi connectivity index (χ1v) is 6.74. The lowest BCUT2D eigenvalue weighted by Gasteiger charge is -2.14. The third-order valence-corrected chi connectivity index (χ3v) is 3.28. The fourth-order valence-electron chi connectivity index (χ4n) is 2.20. The summed E-state index contributed by atoms with van der Waals surface area (Å²) >= 11 is 0. The minimum Gasteiger partial charge on any atom is -0.481 e. The number of amides is 1. The van der Waals surface area contributed by atoms with Crippen LogP contribution in [0.1, 0.15) is 45.4 Å². The van der Waals surface area contributed by atoms with Gasteiger partial charge in [0.1, 0.15) is 6.61 Å². The van der Waals surface area contributed by atoms with Crippen LogP contribution in [0.2, 0.25) is 0 Å². The van der Waals surface area contributed by atoms with Crippen molar-refractivity contribution in [1.29, 1.82) is 0 Å². The smallest absolute Gasteiger partial charge is 0.308 e. The van der Waals surface area contributed by atoms with Crippen molar-refractivity contribution in [1.82, 2.24) is 5.32 Å². The number of carbonyl (C=O) groups excluding carboxylic acids is 1. The predicted molar refractivity (Wildman–Crippen MR) is 67.3 cm³/mol. The van der Waals surface area contributed by atoms with Gasteiger partial charge < -0.3 is 15.2 Å². The second-order valence-corrected chi connectivity index (χ2v) is 4.85. The van der Waals surface area contributed by atoms with Crippen molar-refractivity contribution in [3.63, 3.8) is 0 Å². The average molecular weight is 257 g/mol. The molecule has 0 spiro atoms. The van der Waals surface area contributed by atoms with E-state index in [0.717, 1.165) is 19.3 Å². The molecule has 0 radical (unpaired) electrons. The van der Waals surface area contributed by atoms with Crippen LogP contribution in [0, 0.1) is 5.92 Å². The van der Waals surface area contributed by atoms with E-state index in [-0.39, 0.29) is 25.2 Å². The summed E-state index contributed by atoms with van der Waals surface area (Å²) in [6.45, 7) is 2.17. The molecule has 0 aliphatic heterocycles. The standard InChI is InChI=1S/C13H23NO4/c1-2-5-10(13(16)17)8-14-12(15)9-18-11-6-3-4-7-11/h10-11H,2-9H2,1H3,(H,14,15)(H,16,17). The van der Waals surface area contributed by atoms with Crippen LogP contribution in [0.3, 0.4) is 0 Å². The van der Waals surface area contributed by atoms with Crippen molar-refractivity contribution in [3.05, 3.63) is 0 Å². The summed E-state index contributed by atoms with van der Waals surface area (Å²) in [5, 5.41) is 11.6. The molecule has 104 valence electrons. The molecule has 18 heavy (non-hydrogen) atoms. The van der Waals surface area contributed by atoms with E-state index in [9.17, 15) is 9.59 Å². The van der Waals surface area contributed by atoms with Gasteiger partial charge in [0.2, 0.25) is 5.91 Å². The zero-order valence-corrected chi connectivity index (χ0v) is 11.0. The fourth-order valence-corrected chi connectivity index (χ4v) is 2.20. The highest BCUT2D eigenvalue weighted by Crippen LogP contribution is 2.20. The van der Waals surface area contributed by atoms with E-state index in [1.807, 2.05) is 6.92 Å². The van der Waals surface area contributed by atoms with Crippen molar-refractivity contribution in [3.8, 4) is 0 Å². The number of nitrogens with one attached hydrogen (secondary N) is 1. The fraction of sp³-hybridized carbons (Fsp3) is 0.846. The van der Waals surface area contributed by atoms with Gasteiger partial charge in [0.15, 0.2) is 0 Å². The van der Waals surface area contributed by atoms with Crippen LogP contribution in [0.25, 0.3) is 0 Å². The van der Waals surface area contributed by atoms with Gasteiger partial charge in [0.25, 0.3) is 0 Å². The normalized spacial score (nSPS) is 17.6. The molecule has 1 unspecified atom stereocenters. The first kappa shape index (κ1) is 15.0. The Morgan fingerprint density at radius 2 is 2.06 bits per heavy atom. The summed E-state index contributed by atoms with van der Waals surface area (Å²) in [6.07, 6.45) is 5.99. The maximum Gasteiger partial charge on any atom is 0.308 e. The Balaban J connectivity index is 2.16. The van der Waals surface area contributed by atoms with Crippen LogP contribution in [0.15, 0.2) is 0 Å². The molecule has 1 amide bonds. The second-order valence-electron chi connectivity index (χ2n) is 4.85. The van der Waals surface area contributed by atoms with Gasteiger partial charge in [-0.25, -0.2) is 0 Å². The Bertz CT molecular complexity index is 274. The molecule has 0 aromatic carbocycles. The molecule has 1 aliphatic carbocycles. The van der Waals surface area contributed by atoms with E-state index in [1.54, 1.807) is 0 Å². The Morgan fingerprint density at radius 3 is 2.61 bits per heavy atom. The maximum absolute atomic E-state index is 11.5. The molecular formula is C13H23NO4. The average Bonchev–Trinajstić information content (AvgIpc) is 2.84. The third kappa shape index (κ3) is 5.49. The molecule has 0 aromatic heterocycles. The largest absolute Gasteiger partial charge is 0.481 e. The monoisotopic (exact) mass is 257 g/mol. The van der Waals surface area contributed by atoms with Crippen molar-refractivity contribution >= 4 is 11.9 Å². The molecule has 1 saturated carbocycles. The van der Waals surface area contributed by atoms with E-state index in [1.165, 1.54) is 12.8 Å². The number of carbonyl (C=O) groups is 2. The molecule has 1 aliphatic rings. The van der Waals surface area contributed by atoms with E-state index < -0.39 is 11.9 Å². The number of carboxylic acids is 1. The molecular weight excluding hydrogens is 234 g/mol. The van der Waals surface area contributed by atoms with Crippen LogP contribution in [-0.4, -0.2) is 36.2 Å². The summed E-state index contributed by atoms with van der Waals surface area (Å²) in [4.78, 5) is 22.4. The Labute approximate surface area is 108 Å². The third-order valence-electron chi connectivity index (χ3n) is 3.28. The van der Waals surface area contributed by atoms with Gasteiger partial charge >= 0.3 is 5.97 Å². The van der Waals surface area contributed by atoms with Crippen LogP contribution >= 0.6 is 0 Å². The minimum absolute atomic E-state index is 0.0448. The number of hydrogen-bond donors (Lipinski definition) is 2. The minimum atomic E-state index is -0.853. The van der Waals surface area contributed by atoms with E-state index >= 15 is 0 Å². The van der Waals surface area contributed by atoms with Crippen molar-refractivity contribution in [2.75, 3.05) is 13.2 Å². The van der Waals surface area contributed by atoms with Crippen LogP contribution in [-0.2, 0) is 14.3 Å². The molecule has 0 heterocycles. The van der Waals surface area contributed by atoms with E-state index in [4.69, 9.17) is 9.84 Å². The van der Waals surface area contributed by atoms with Gasteiger partial charge in [0.05, 0.1) is 12.0 Å². The molecule has 1 fully saturated rings. The van der Waals surface area contributed by atoms with Crippen LogP contribution in [0.4, 0.5) is 0 Å². The van der Waals surface area contributed by atoms with Gasteiger partial charge in [-0.1, -0.05) is 26.2 Å². The number of hydrogen-bond acceptors (Lipinski definition) is 3. The molecule has 2 N–H and O–H groups in total. The summed E-state index contributed by atoms with van der Waals surface area (Å²) in [6, 6.07) is 0. The topological polar surface area (TPSA) is 75.6 Å². The number of carboxylic acid groups (broad SMARTS) is 1. The zero-order valence-electron chi connectivity index (χ0n) is 11.0. The van der Waals surface area contributed by atoms with Crippen molar-refractivity contribution in [2.45, 2.75) is 51.6 Å². The highest BCUT2D eigenvalue weighted by molar-refractivity contribution is 5.78. The Kier molecular flexibility index (Phi) is 6.72. The predicted octanol–water partition coefficient (Wildman–Crippen LogP) is 1.56. The van der Waals surface area contributed by atoms with E-state index in [2.05, 4.69) is 5.32 Å². The first-order valence-electron chi connectivity index (χ1n) is 6.74. The summed E-state index contributed by atoms with van der Waals surface area (Å²) in [5.74, 6) is -1.57. The number of rotatable bonds is 8. The lowest BCUT2D eigenvalue weighted by molar-refractivity contribution is -0.142. The Morgan fingerprint density at radius 1 is 1.39 bits per heavy atom.